The zero-order valence-corrected chi connectivity index (χ0v) is 9.35. The lowest BCUT2D eigenvalue weighted by atomic mass is 9.80. The predicted molar refractivity (Wildman–Crippen MR) is 57.5 cm³/mol. The number of carbonyl (C=O) groups is 1. The molecular weight excluding hydrogens is 200 g/mol. The van der Waals surface area contributed by atoms with Gasteiger partial charge < -0.3 is 10.2 Å². The van der Waals surface area contributed by atoms with Crippen LogP contribution in [0.15, 0.2) is 0 Å². The molecule has 1 atom stereocenters. The molecule has 0 radical (unpaired) electrons. The molecule has 1 unspecified atom stereocenters. The van der Waals surface area contributed by atoms with Crippen LogP contribution in [0.5, 0.6) is 0 Å². The first-order valence-corrected chi connectivity index (χ1v) is 6.28. The van der Waals surface area contributed by atoms with Gasteiger partial charge in [0.15, 0.2) is 0 Å². The third-order valence-corrected chi connectivity index (χ3v) is 3.87. The van der Waals surface area contributed by atoms with Gasteiger partial charge in [-0.3, -0.25) is 4.79 Å². The number of carboxylic acids is 1. The highest BCUT2D eigenvalue weighted by Crippen LogP contribution is 2.35. The topological polar surface area (TPSA) is 57.5 Å². The summed E-state index contributed by atoms with van der Waals surface area (Å²) in [5.41, 5.74) is -0.951. The minimum Gasteiger partial charge on any atom is -0.481 e. The molecule has 0 amide bonds. The molecule has 0 spiro atoms. The molecular formula is C10H18O3S. The Morgan fingerprint density at radius 2 is 2.07 bits per heavy atom. The summed E-state index contributed by atoms with van der Waals surface area (Å²) in [5, 5.41) is 19.3. The number of thioether (sulfide) groups is 1. The fraction of sp³-hybridized carbons (Fsp3) is 0.900. The van der Waals surface area contributed by atoms with E-state index in [9.17, 15) is 9.90 Å². The monoisotopic (exact) mass is 218 g/mol. The van der Waals surface area contributed by atoms with Crippen LogP contribution in [-0.4, -0.2) is 33.3 Å². The summed E-state index contributed by atoms with van der Waals surface area (Å²) >= 11 is 1.79. The van der Waals surface area contributed by atoms with Crippen LogP contribution >= 0.6 is 11.8 Å². The van der Waals surface area contributed by atoms with Crippen LogP contribution < -0.4 is 0 Å². The molecule has 1 rings (SSSR count). The highest BCUT2D eigenvalue weighted by molar-refractivity contribution is 7.99. The van der Waals surface area contributed by atoms with Crippen LogP contribution in [0.25, 0.3) is 0 Å². The van der Waals surface area contributed by atoms with E-state index in [1.54, 1.807) is 11.8 Å². The molecule has 0 bridgehead atoms. The number of rotatable bonds is 4. The Labute approximate surface area is 88.9 Å². The molecule has 1 aliphatic rings. The van der Waals surface area contributed by atoms with Gasteiger partial charge in [0.05, 0.1) is 11.5 Å². The van der Waals surface area contributed by atoms with Gasteiger partial charge in [-0.2, -0.15) is 11.8 Å². The lowest BCUT2D eigenvalue weighted by Crippen LogP contribution is -2.45. The molecule has 2 N–H and O–H groups in total. The Morgan fingerprint density at radius 1 is 1.50 bits per heavy atom. The van der Waals surface area contributed by atoms with Gasteiger partial charge in [0.2, 0.25) is 0 Å². The third kappa shape index (κ3) is 2.64. The largest absolute Gasteiger partial charge is 0.481 e. The second-order valence-electron chi connectivity index (χ2n) is 3.90. The molecule has 0 saturated carbocycles. The second kappa shape index (κ2) is 5.03. The molecule has 0 aromatic heterocycles. The summed E-state index contributed by atoms with van der Waals surface area (Å²) in [6.07, 6.45) is 2.63. The van der Waals surface area contributed by atoms with Crippen LogP contribution in [0.4, 0.5) is 0 Å². The van der Waals surface area contributed by atoms with Crippen LogP contribution in [0.3, 0.4) is 0 Å². The normalized spacial score (nSPS) is 23.0. The minimum absolute atomic E-state index is 0.576. The van der Waals surface area contributed by atoms with Gasteiger partial charge in [0.1, 0.15) is 0 Å². The summed E-state index contributed by atoms with van der Waals surface area (Å²) in [6, 6.07) is 0. The summed E-state index contributed by atoms with van der Waals surface area (Å²) < 4.78 is 0. The molecule has 3 nitrogen and oxygen atoms in total. The standard InChI is InChI=1S/C10H18O3S/c1-2-3-8(9(11)12)10(13)4-6-14-7-5-10/h8,13H,2-7H2,1H3,(H,11,12). The van der Waals surface area contributed by atoms with Crippen molar-refractivity contribution in [3.63, 3.8) is 0 Å². The quantitative estimate of drug-likeness (QED) is 0.754. The Morgan fingerprint density at radius 3 is 2.50 bits per heavy atom. The molecule has 14 heavy (non-hydrogen) atoms. The first-order valence-electron chi connectivity index (χ1n) is 5.13. The van der Waals surface area contributed by atoms with Crippen molar-refractivity contribution < 1.29 is 15.0 Å². The maximum Gasteiger partial charge on any atom is 0.309 e. The van der Waals surface area contributed by atoms with E-state index in [2.05, 4.69) is 0 Å². The SMILES string of the molecule is CCCC(C(=O)O)C1(O)CCSCC1. The van der Waals surface area contributed by atoms with Crippen molar-refractivity contribution in [1.29, 1.82) is 0 Å². The van der Waals surface area contributed by atoms with E-state index in [1.165, 1.54) is 0 Å². The van der Waals surface area contributed by atoms with E-state index in [1.807, 2.05) is 6.92 Å². The smallest absolute Gasteiger partial charge is 0.309 e. The van der Waals surface area contributed by atoms with Crippen molar-refractivity contribution in [3.05, 3.63) is 0 Å². The lowest BCUT2D eigenvalue weighted by Gasteiger charge is -2.36. The third-order valence-electron chi connectivity index (χ3n) is 2.88. The highest BCUT2D eigenvalue weighted by atomic mass is 32.2. The number of aliphatic hydroxyl groups is 1. The van der Waals surface area contributed by atoms with Crippen LogP contribution in [0, 0.1) is 5.92 Å². The Balaban J connectivity index is 2.68. The minimum atomic E-state index is -0.951. The van der Waals surface area contributed by atoms with Gasteiger partial charge in [-0.15, -0.1) is 0 Å². The van der Waals surface area contributed by atoms with E-state index >= 15 is 0 Å². The fourth-order valence-corrected chi connectivity index (χ4v) is 3.18. The van der Waals surface area contributed by atoms with E-state index in [-0.39, 0.29) is 0 Å². The molecule has 0 aromatic rings. The van der Waals surface area contributed by atoms with E-state index < -0.39 is 17.5 Å². The Kier molecular flexibility index (Phi) is 4.26. The molecule has 1 saturated heterocycles. The van der Waals surface area contributed by atoms with Crippen molar-refractivity contribution in [2.75, 3.05) is 11.5 Å². The van der Waals surface area contributed by atoms with E-state index in [0.29, 0.717) is 19.3 Å². The molecule has 1 aliphatic heterocycles. The first-order chi connectivity index (χ1) is 6.60. The summed E-state index contributed by atoms with van der Waals surface area (Å²) in [4.78, 5) is 11.0. The number of aliphatic carboxylic acids is 1. The zero-order chi connectivity index (χ0) is 10.6. The van der Waals surface area contributed by atoms with Gasteiger partial charge >= 0.3 is 5.97 Å². The Bertz CT molecular complexity index is 200. The molecule has 4 heteroatoms. The molecule has 1 fully saturated rings. The van der Waals surface area contributed by atoms with Crippen molar-refractivity contribution in [1.82, 2.24) is 0 Å². The van der Waals surface area contributed by atoms with Crippen molar-refractivity contribution >= 4 is 17.7 Å². The van der Waals surface area contributed by atoms with Crippen molar-refractivity contribution in [2.24, 2.45) is 5.92 Å². The second-order valence-corrected chi connectivity index (χ2v) is 5.12. The highest BCUT2D eigenvalue weighted by Gasteiger charge is 2.41. The summed E-state index contributed by atoms with van der Waals surface area (Å²) in [7, 11) is 0. The number of hydrogen-bond donors (Lipinski definition) is 2. The number of carboxylic acid groups (broad SMARTS) is 1. The molecule has 0 aromatic carbocycles. The average molecular weight is 218 g/mol. The molecule has 1 heterocycles. The Hall–Kier alpha value is -0.220. The number of hydrogen-bond acceptors (Lipinski definition) is 3. The lowest BCUT2D eigenvalue weighted by molar-refractivity contribution is -0.153. The van der Waals surface area contributed by atoms with Crippen molar-refractivity contribution in [2.45, 2.75) is 38.2 Å². The van der Waals surface area contributed by atoms with Crippen molar-refractivity contribution in [3.8, 4) is 0 Å². The summed E-state index contributed by atoms with van der Waals surface area (Å²) in [5.74, 6) is 0.336. The van der Waals surface area contributed by atoms with Gasteiger partial charge in [-0.1, -0.05) is 13.3 Å². The van der Waals surface area contributed by atoms with Gasteiger partial charge in [-0.05, 0) is 30.8 Å². The van der Waals surface area contributed by atoms with Crippen LogP contribution in [0.2, 0.25) is 0 Å². The van der Waals surface area contributed by atoms with E-state index in [0.717, 1.165) is 17.9 Å². The first kappa shape index (κ1) is 11.9. The maximum absolute atomic E-state index is 11.0. The van der Waals surface area contributed by atoms with E-state index in [4.69, 9.17) is 5.11 Å². The maximum atomic E-state index is 11.0. The van der Waals surface area contributed by atoms with Crippen LogP contribution in [0.1, 0.15) is 32.6 Å². The van der Waals surface area contributed by atoms with Gasteiger partial charge in [-0.25, -0.2) is 0 Å². The van der Waals surface area contributed by atoms with Crippen LogP contribution in [-0.2, 0) is 4.79 Å². The van der Waals surface area contributed by atoms with Gasteiger partial charge in [0, 0.05) is 0 Å². The molecule has 82 valence electrons. The molecule has 0 aliphatic carbocycles. The van der Waals surface area contributed by atoms with Gasteiger partial charge in [0.25, 0.3) is 0 Å². The predicted octanol–water partition coefficient (Wildman–Crippen LogP) is 1.75. The fourth-order valence-electron chi connectivity index (χ4n) is 1.98. The summed E-state index contributed by atoms with van der Waals surface area (Å²) in [6.45, 7) is 1.96. The zero-order valence-electron chi connectivity index (χ0n) is 8.53. The average Bonchev–Trinajstić information content (AvgIpc) is 2.14.